The fraction of sp³-hybridized carbons (Fsp3) is 0.318. The van der Waals surface area contributed by atoms with Gasteiger partial charge in [-0.3, -0.25) is 0 Å². The number of halogens is 2. The summed E-state index contributed by atoms with van der Waals surface area (Å²) in [6.45, 7) is 7.45. The standard InChI is InChI=1S/C22H24ClFN4O2S/c1-14-17(24)7-6-8-18(14)28-20(31-16-9-10-19(23)25-12-16)11-15(26-28)13-30-21(29)27(5)22(2,3)4/h6-12H,13H2,1-5H3. The number of rotatable bonds is 5. The van der Waals surface area contributed by atoms with E-state index >= 15 is 0 Å². The Labute approximate surface area is 190 Å². The van der Waals surface area contributed by atoms with E-state index in [1.807, 2.05) is 32.9 Å². The van der Waals surface area contributed by atoms with Crippen molar-refractivity contribution in [3.05, 3.63) is 64.8 Å². The van der Waals surface area contributed by atoms with Gasteiger partial charge in [0.25, 0.3) is 0 Å². The first kappa shape index (κ1) is 23.1. The molecule has 0 spiro atoms. The summed E-state index contributed by atoms with van der Waals surface area (Å²) in [6, 6.07) is 10.2. The van der Waals surface area contributed by atoms with Gasteiger partial charge in [0.15, 0.2) is 0 Å². The zero-order chi connectivity index (χ0) is 22.8. The van der Waals surface area contributed by atoms with Crippen LogP contribution in [-0.2, 0) is 11.3 Å². The van der Waals surface area contributed by atoms with Crippen LogP contribution < -0.4 is 0 Å². The number of nitrogens with zero attached hydrogens (tertiary/aromatic N) is 4. The van der Waals surface area contributed by atoms with E-state index in [9.17, 15) is 9.18 Å². The van der Waals surface area contributed by atoms with E-state index in [1.165, 1.54) is 22.7 Å². The minimum absolute atomic E-state index is 0.00690. The lowest BCUT2D eigenvalue weighted by Gasteiger charge is -2.30. The van der Waals surface area contributed by atoms with Crippen LogP contribution in [0, 0.1) is 12.7 Å². The third kappa shape index (κ3) is 5.57. The first-order valence-electron chi connectivity index (χ1n) is 9.60. The van der Waals surface area contributed by atoms with Gasteiger partial charge in [-0.05, 0) is 58.0 Å². The normalized spacial score (nSPS) is 11.5. The Bertz CT molecular complexity index is 1080. The van der Waals surface area contributed by atoms with Crippen molar-refractivity contribution in [2.24, 2.45) is 0 Å². The topological polar surface area (TPSA) is 60.3 Å². The molecule has 0 fully saturated rings. The molecule has 0 bridgehead atoms. The fourth-order valence-corrected chi connectivity index (χ4v) is 3.62. The molecule has 0 radical (unpaired) electrons. The van der Waals surface area contributed by atoms with Gasteiger partial charge in [-0.15, -0.1) is 0 Å². The second-order valence-electron chi connectivity index (χ2n) is 7.97. The van der Waals surface area contributed by atoms with Crippen molar-refractivity contribution in [1.29, 1.82) is 0 Å². The highest BCUT2D eigenvalue weighted by Gasteiger charge is 2.24. The van der Waals surface area contributed by atoms with E-state index in [1.54, 1.807) is 43.0 Å². The molecule has 9 heteroatoms. The lowest BCUT2D eigenvalue weighted by molar-refractivity contribution is 0.0749. The maximum absolute atomic E-state index is 14.2. The first-order chi connectivity index (χ1) is 14.6. The van der Waals surface area contributed by atoms with Gasteiger partial charge in [0.2, 0.25) is 0 Å². The maximum atomic E-state index is 14.2. The number of benzene rings is 1. The summed E-state index contributed by atoms with van der Waals surface area (Å²) in [5, 5.41) is 5.70. The van der Waals surface area contributed by atoms with Gasteiger partial charge in [-0.1, -0.05) is 29.4 Å². The third-order valence-electron chi connectivity index (χ3n) is 4.74. The number of amides is 1. The number of pyridine rings is 1. The molecule has 1 amide bonds. The molecule has 31 heavy (non-hydrogen) atoms. The molecule has 2 aromatic heterocycles. The fourth-order valence-electron chi connectivity index (χ4n) is 2.60. The van der Waals surface area contributed by atoms with Gasteiger partial charge in [0.1, 0.15) is 28.3 Å². The van der Waals surface area contributed by atoms with E-state index in [4.69, 9.17) is 16.3 Å². The monoisotopic (exact) mass is 462 g/mol. The van der Waals surface area contributed by atoms with Crippen LogP contribution in [0.3, 0.4) is 0 Å². The average Bonchev–Trinajstić information content (AvgIpc) is 3.11. The van der Waals surface area contributed by atoms with Crippen LogP contribution in [0.15, 0.2) is 52.5 Å². The molecule has 0 saturated heterocycles. The summed E-state index contributed by atoms with van der Waals surface area (Å²) in [6.07, 6.45) is 1.21. The molecule has 0 unspecified atom stereocenters. The molecule has 0 atom stereocenters. The third-order valence-corrected chi connectivity index (χ3v) is 5.94. The Morgan fingerprint density at radius 1 is 1.29 bits per heavy atom. The number of ether oxygens (including phenoxy) is 1. The zero-order valence-electron chi connectivity index (χ0n) is 18.0. The highest BCUT2D eigenvalue weighted by Crippen LogP contribution is 2.32. The van der Waals surface area contributed by atoms with Crippen LogP contribution in [0.5, 0.6) is 0 Å². The van der Waals surface area contributed by atoms with Crippen molar-refractivity contribution < 1.29 is 13.9 Å². The van der Waals surface area contributed by atoms with Gasteiger partial charge in [0.05, 0.1) is 5.69 Å². The maximum Gasteiger partial charge on any atom is 0.410 e. The van der Waals surface area contributed by atoms with Crippen LogP contribution >= 0.6 is 23.4 Å². The Morgan fingerprint density at radius 2 is 2.03 bits per heavy atom. The molecule has 6 nitrogen and oxygen atoms in total. The predicted molar refractivity (Wildman–Crippen MR) is 119 cm³/mol. The highest BCUT2D eigenvalue weighted by atomic mass is 35.5. The van der Waals surface area contributed by atoms with E-state index in [0.717, 1.165) is 9.92 Å². The number of carbonyl (C=O) groups excluding carboxylic acids is 1. The summed E-state index contributed by atoms with van der Waals surface area (Å²) in [5.41, 5.74) is 1.26. The second kappa shape index (κ2) is 9.28. The predicted octanol–water partition coefficient (Wildman–Crippen LogP) is 5.89. The first-order valence-corrected chi connectivity index (χ1v) is 10.8. The van der Waals surface area contributed by atoms with Crippen molar-refractivity contribution in [3.8, 4) is 5.69 Å². The van der Waals surface area contributed by atoms with Crippen LogP contribution in [-0.4, -0.2) is 38.3 Å². The van der Waals surface area contributed by atoms with Gasteiger partial charge >= 0.3 is 6.09 Å². The Hall–Kier alpha value is -2.58. The molecule has 0 N–H and O–H groups in total. The molecule has 1 aromatic carbocycles. The lowest BCUT2D eigenvalue weighted by atomic mass is 10.1. The summed E-state index contributed by atoms with van der Waals surface area (Å²) in [5.74, 6) is -0.322. The Balaban J connectivity index is 1.91. The quantitative estimate of drug-likeness (QED) is 0.442. The number of hydrogen-bond donors (Lipinski definition) is 0. The molecule has 3 rings (SSSR count). The van der Waals surface area contributed by atoms with E-state index < -0.39 is 6.09 Å². The van der Waals surface area contributed by atoms with Crippen LogP contribution in [0.4, 0.5) is 9.18 Å². The van der Waals surface area contributed by atoms with Gasteiger partial charge in [0, 0.05) is 29.2 Å². The summed E-state index contributed by atoms with van der Waals surface area (Å²) in [7, 11) is 1.69. The SMILES string of the molecule is Cc1c(F)cccc1-n1nc(COC(=O)N(C)C(C)(C)C)cc1Sc1ccc(Cl)nc1. The molecule has 0 aliphatic heterocycles. The molecule has 0 aliphatic carbocycles. The van der Waals surface area contributed by atoms with Gasteiger partial charge in [-0.2, -0.15) is 5.10 Å². The second-order valence-corrected chi connectivity index (χ2v) is 9.45. The summed E-state index contributed by atoms with van der Waals surface area (Å²) in [4.78, 5) is 18.8. The van der Waals surface area contributed by atoms with Gasteiger partial charge in [-0.25, -0.2) is 18.9 Å². The minimum Gasteiger partial charge on any atom is -0.443 e. The zero-order valence-corrected chi connectivity index (χ0v) is 19.6. The molecule has 164 valence electrons. The Morgan fingerprint density at radius 3 is 2.68 bits per heavy atom. The number of carbonyl (C=O) groups is 1. The molecule has 0 aliphatic rings. The van der Waals surface area contributed by atoms with Crippen LogP contribution in [0.2, 0.25) is 5.15 Å². The van der Waals surface area contributed by atoms with E-state index in [2.05, 4.69) is 10.1 Å². The van der Waals surface area contributed by atoms with Crippen molar-refractivity contribution in [2.45, 2.75) is 49.8 Å². The van der Waals surface area contributed by atoms with Crippen molar-refractivity contribution in [1.82, 2.24) is 19.7 Å². The summed E-state index contributed by atoms with van der Waals surface area (Å²) < 4.78 is 21.3. The van der Waals surface area contributed by atoms with E-state index in [0.29, 0.717) is 22.1 Å². The highest BCUT2D eigenvalue weighted by molar-refractivity contribution is 7.99. The van der Waals surface area contributed by atoms with E-state index in [-0.39, 0.29) is 18.0 Å². The van der Waals surface area contributed by atoms with Crippen molar-refractivity contribution in [2.75, 3.05) is 7.05 Å². The summed E-state index contributed by atoms with van der Waals surface area (Å²) >= 11 is 7.28. The average molecular weight is 463 g/mol. The molecule has 0 saturated carbocycles. The minimum atomic E-state index is -0.444. The Kier molecular flexibility index (Phi) is 6.91. The smallest absolute Gasteiger partial charge is 0.410 e. The van der Waals surface area contributed by atoms with Crippen molar-refractivity contribution >= 4 is 29.5 Å². The molecular weight excluding hydrogens is 439 g/mol. The van der Waals surface area contributed by atoms with Crippen molar-refractivity contribution in [3.63, 3.8) is 0 Å². The van der Waals surface area contributed by atoms with Crippen LogP contribution in [0.1, 0.15) is 32.0 Å². The largest absolute Gasteiger partial charge is 0.443 e. The number of aromatic nitrogens is 3. The lowest BCUT2D eigenvalue weighted by Crippen LogP contribution is -2.42. The van der Waals surface area contributed by atoms with Gasteiger partial charge < -0.3 is 9.64 Å². The molecule has 3 aromatic rings. The number of hydrogen-bond acceptors (Lipinski definition) is 5. The molecular formula is C22H24ClFN4O2S. The molecule has 2 heterocycles. The van der Waals surface area contributed by atoms with Crippen LogP contribution in [0.25, 0.3) is 5.69 Å².